The average Bonchev–Trinajstić information content (AvgIpc) is 2.56. The van der Waals surface area contributed by atoms with Crippen molar-refractivity contribution in [1.29, 1.82) is 0 Å². The first-order chi connectivity index (χ1) is 10.7. The predicted molar refractivity (Wildman–Crippen MR) is 91.4 cm³/mol. The Kier molecular flexibility index (Phi) is 4.42. The van der Waals surface area contributed by atoms with Gasteiger partial charge in [-0.1, -0.05) is 25.1 Å². The van der Waals surface area contributed by atoms with Crippen LogP contribution < -0.4 is 10.2 Å². The maximum Gasteiger partial charge on any atom is 0.255 e. The van der Waals surface area contributed by atoms with Crippen LogP contribution in [0.3, 0.4) is 0 Å². The zero-order valence-electron chi connectivity index (χ0n) is 13.0. The fraction of sp³-hybridized carbons (Fsp3) is 0.316. The molecule has 1 aliphatic rings. The summed E-state index contributed by atoms with van der Waals surface area (Å²) in [6.45, 7) is 4.55. The van der Waals surface area contributed by atoms with Gasteiger partial charge >= 0.3 is 0 Å². The van der Waals surface area contributed by atoms with E-state index in [9.17, 15) is 4.79 Å². The number of carbonyl (C=O) groups excluding carboxylic acids is 1. The van der Waals surface area contributed by atoms with Crippen molar-refractivity contribution >= 4 is 17.3 Å². The van der Waals surface area contributed by atoms with Crippen LogP contribution >= 0.6 is 0 Å². The number of anilines is 2. The first-order valence-corrected chi connectivity index (χ1v) is 7.94. The fourth-order valence-electron chi connectivity index (χ4n) is 2.97. The standard InChI is InChI=1S/C19H22N2O/c1-15-6-5-13-21(14-15)18-11-9-17(10-12-18)20-19(22)16-7-3-2-4-8-16/h2-4,7-12,15H,5-6,13-14H2,1H3,(H,20,22). The second-order valence-electron chi connectivity index (χ2n) is 6.06. The van der Waals surface area contributed by atoms with E-state index in [4.69, 9.17) is 0 Å². The molecule has 3 rings (SSSR count). The van der Waals surface area contributed by atoms with E-state index < -0.39 is 0 Å². The van der Waals surface area contributed by atoms with Crippen LogP contribution in [0.1, 0.15) is 30.1 Å². The number of nitrogens with zero attached hydrogens (tertiary/aromatic N) is 1. The van der Waals surface area contributed by atoms with Gasteiger partial charge in [-0.05, 0) is 55.2 Å². The normalized spacial score (nSPS) is 18.0. The number of carbonyl (C=O) groups is 1. The molecule has 0 bridgehead atoms. The highest BCUT2D eigenvalue weighted by atomic mass is 16.1. The van der Waals surface area contributed by atoms with Crippen molar-refractivity contribution in [1.82, 2.24) is 0 Å². The van der Waals surface area contributed by atoms with Gasteiger partial charge in [0.2, 0.25) is 0 Å². The lowest BCUT2D eigenvalue weighted by Gasteiger charge is -2.32. The van der Waals surface area contributed by atoms with Crippen molar-refractivity contribution in [2.75, 3.05) is 23.3 Å². The number of piperidine rings is 1. The number of rotatable bonds is 3. The van der Waals surface area contributed by atoms with E-state index >= 15 is 0 Å². The third kappa shape index (κ3) is 3.48. The van der Waals surface area contributed by atoms with Crippen molar-refractivity contribution < 1.29 is 4.79 Å². The van der Waals surface area contributed by atoms with Crippen LogP contribution in [-0.4, -0.2) is 19.0 Å². The third-order valence-electron chi connectivity index (χ3n) is 4.18. The van der Waals surface area contributed by atoms with Crippen molar-refractivity contribution in [3.8, 4) is 0 Å². The molecular formula is C19H22N2O. The third-order valence-corrected chi connectivity index (χ3v) is 4.18. The molecule has 114 valence electrons. The molecule has 0 spiro atoms. The summed E-state index contributed by atoms with van der Waals surface area (Å²) in [5.74, 6) is 0.686. The predicted octanol–water partition coefficient (Wildman–Crippen LogP) is 4.18. The molecule has 1 unspecified atom stereocenters. The zero-order valence-corrected chi connectivity index (χ0v) is 13.0. The summed E-state index contributed by atoms with van der Waals surface area (Å²) in [5, 5.41) is 2.94. The zero-order chi connectivity index (χ0) is 15.4. The van der Waals surface area contributed by atoms with Gasteiger partial charge < -0.3 is 10.2 Å². The van der Waals surface area contributed by atoms with Crippen LogP contribution in [0.5, 0.6) is 0 Å². The van der Waals surface area contributed by atoms with Gasteiger partial charge in [-0.25, -0.2) is 0 Å². The maximum absolute atomic E-state index is 12.1. The molecule has 0 aliphatic carbocycles. The summed E-state index contributed by atoms with van der Waals surface area (Å²) in [6.07, 6.45) is 2.58. The van der Waals surface area contributed by atoms with Gasteiger partial charge in [0, 0.05) is 30.0 Å². The summed E-state index contributed by atoms with van der Waals surface area (Å²) in [5.41, 5.74) is 2.75. The molecule has 1 N–H and O–H groups in total. The molecule has 1 aliphatic heterocycles. The molecule has 3 nitrogen and oxygen atoms in total. The van der Waals surface area contributed by atoms with Crippen molar-refractivity contribution in [2.45, 2.75) is 19.8 Å². The van der Waals surface area contributed by atoms with E-state index in [0.717, 1.165) is 24.7 Å². The molecule has 22 heavy (non-hydrogen) atoms. The first kappa shape index (κ1) is 14.6. The average molecular weight is 294 g/mol. The SMILES string of the molecule is CC1CCCN(c2ccc(NC(=O)c3ccccc3)cc2)C1. The van der Waals surface area contributed by atoms with Crippen LogP contribution in [0, 0.1) is 5.92 Å². The van der Waals surface area contributed by atoms with Gasteiger partial charge in [-0.3, -0.25) is 4.79 Å². The highest BCUT2D eigenvalue weighted by molar-refractivity contribution is 6.04. The van der Waals surface area contributed by atoms with Crippen molar-refractivity contribution in [2.24, 2.45) is 5.92 Å². The Morgan fingerprint density at radius 1 is 1.09 bits per heavy atom. The highest BCUT2D eigenvalue weighted by Gasteiger charge is 2.16. The minimum Gasteiger partial charge on any atom is -0.371 e. The Labute approximate surface area is 132 Å². The minimum atomic E-state index is -0.0695. The number of benzene rings is 2. The highest BCUT2D eigenvalue weighted by Crippen LogP contribution is 2.24. The number of hydrogen-bond acceptors (Lipinski definition) is 2. The van der Waals surface area contributed by atoms with Crippen molar-refractivity contribution in [3.63, 3.8) is 0 Å². The smallest absolute Gasteiger partial charge is 0.255 e. The summed E-state index contributed by atoms with van der Waals surface area (Å²) < 4.78 is 0. The second kappa shape index (κ2) is 6.65. The second-order valence-corrected chi connectivity index (χ2v) is 6.06. The molecule has 2 aromatic rings. The maximum atomic E-state index is 12.1. The van der Waals surface area contributed by atoms with Gasteiger partial charge in [0.15, 0.2) is 0 Å². The molecule has 1 atom stereocenters. The van der Waals surface area contributed by atoms with E-state index in [-0.39, 0.29) is 5.91 Å². The van der Waals surface area contributed by atoms with Gasteiger partial charge in [0.1, 0.15) is 0 Å². The lowest BCUT2D eigenvalue weighted by Crippen LogP contribution is -2.34. The molecule has 1 fully saturated rings. The number of nitrogens with one attached hydrogen (secondary N) is 1. The van der Waals surface area contributed by atoms with Gasteiger partial charge in [-0.15, -0.1) is 0 Å². The molecular weight excluding hydrogens is 272 g/mol. The summed E-state index contributed by atoms with van der Waals surface area (Å²) in [6, 6.07) is 17.4. The van der Waals surface area contributed by atoms with Gasteiger partial charge in [0.05, 0.1) is 0 Å². The molecule has 2 aromatic carbocycles. The Morgan fingerprint density at radius 3 is 2.50 bits per heavy atom. The Morgan fingerprint density at radius 2 is 1.82 bits per heavy atom. The molecule has 1 heterocycles. The molecule has 3 heteroatoms. The lowest BCUT2D eigenvalue weighted by molar-refractivity contribution is 0.102. The molecule has 0 aromatic heterocycles. The monoisotopic (exact) mass is 294 g/mol. The van der Waals surface area contributed by atoms with Crippen LogP contribution in [0.4, 0.5) is 11.4 Å². The van der Waals surface area contributed by atoms with Crippen LogP contribution in [-0.2, 0) is 0 Å². The van der Waals surface area contributed by atoms with E-state index in [2.05, 4.69) is 29.3 Å². The van der Waals surface area contributed by atoms with E-state index in [0.29, 0.717) is 5.56 Å². The fourth-order valence-corrected chi connectivity index (χ4v) is 2.97. The van der Waals surface area contributed by atoms with Gasteiger partial charge in [0.25, 0.3) is 5.91 Å². The Hall–Kier alpha value is -2.29. The number of hydrogen-bond donors (Lipinski definition) is 1. The van der Waals surface area contributed by atoms with E-state index in [1.54, 1.807) is 0 Å². The molecule has 0 saturated carbocycles. The minimum absolute atomic E-state index is 0.0695. The van der Waals surface area contributed by atoms with E-state index in [1.165, 1.54) is 18.5 Å². The lowest BCUT2D eigenvalue weighted by atomic mass is 10.00. The molecule has 1 saturated heterocycles. The Balaban J connectivity index is 1.65. The van der Waals surface area contributed by atoms with Crippen LogP contribution in [0.2, 0.25) is 0 Å². The first-order valence-electron chi connectivity index (χ1n) is 7.94. The van der Waals surface area contributed by atoms with Crippen LogP contribution in [0.25, 0.3) is 0 Å². The van der Waals surface area contributed by atoms with Crippen LogP contribution in [0.15, 0.2) is 54.6 Å². The molecule has 1 amide bonds. The summed E-state index contributed by atoms with van der Waals surface area (Å²) >= 11 is 0. The Bertz CT molecular complexity index is 622. The largest absolute Gasteiger partial charge is 0.371 e. The van der Waals surface area contributed by atoms with E-state index in [1.807, 2.05) is 42.5 Å². The number of amides is 1. The van der Waals surface area contributed by atoms with Crippen molar-refractivity contribution in [3.05, 3.63) is 60.2 Å². The summed E-state index contributed by atoms with van der Waals surface area (Å²) in [7, 11) is 0. The molecule has 0 radical (unpaired) electrons. The topological polar surface area (TPSA) is 32.3 Å². The quantitative estimate of drug-likeness (QED) is 0.921. The van der Waals surface area contributed by atoms with Gasteiger partial charge in [-0.2, -0.15) is 0 Å². The summed E-state index contributed by atoms with van der Waals surface area (Å²) in [4.78, 5) is 14.5.